The summed E-state index contributed by atoms with van der Waals surface area (Å²) in [5.74, 6) is -1.93. The molecule has 0 spiro atoms. The molecular weight excluding hydrogens is 319 g/mol. The summed E-state index contributed by atoms with van der Waals surface area (Å²) in [6.45, 7) is 1.65. The van der Waals surface area contributed by atoms with Gasteiger partial charge in [-0.05, 0) is 47.0 Å². The summed E-state index contributed by atoms with van der Waals surface area (Å²) >= 11 is 3.02. The summed E-state index contributed by atoms with van der Waals surface area (Å²) in [4.78, 5) is 22.1. The molecule has 0 bridgehead atoms. The van der Waals surface area contributed by atoms with Crippen molar-refractivity contribution in [2.24, 2.45) is 5.73 Å². The summed E-state index contributed by atoms with van der Waals surface area (Å²) in [5.41, 5.74) is 6.56. The van der Waals surface area contributed by atoms with E-state index in [1.807, 2.05) is 0 Å². The van der Waals surface area contributed by atoms with Crippen molar-refractivity contribution in [3.8, 4) is 0 Å². The van der Waals surface area contributed by atoms with Gasteiger partial charge in [0.05, 0.1) is 10.5 Å². The average Bonchev–Trinajstić information content (AvgIpc) is 2.32. The topological polar surface area (TPSA) is 92.4 Å². The summed E-state index contributed by atoms with van der Waals surface area (Å²) in [5, 5.41) is 11.1. The average molecular weight is 333 g/mol. The lowest BCUT2D eigenvalue weighted by atomic mass is 10.1. The number of hydrogen-bond acceptors (Lipinski definition) is 3. The van der Waals surface area contributed by atoms with Gasteiger partial charge in [0.1, 0.15) is 5.82 Å². The van der Waals surface area contributed by atoms with Crippen molar-refractivity contribution < 1.29 is 19.1 Å². The van der Waals surface area contributed by atoms with E-state index in [-0.39, 0.29) is 17.3 Å². The number of nitrogens with two attached hydrogens (primary N) is 1. The molecule has 0 aliphatic carbocycles. The van der Waals surface area contributed by atoms with E-state index in [9.17, 15) is 14.0 Å². The second-order valence-electron chi connectivity index (χ2n) is 4.11. The summed E-state index contributed by atoms with van der Waals surface area (Å²) in [7, 11) is 0. The first-order valence-corrected chi connectivity index (χ1v) is 6.34. The van der Waals surface area contributed by atoms with Crippen molar-refractivity contribution >= 4 is 33.5 Å². The molecule has 0 aliphatic heterocycles. The minimum Gasteiger partial charge on any atom is -0.481 e. The molecule has 0 saturated carbocycles. The van der Waals surface area contributed by atoms with Gasteiger partial charge in [-0.2, -0.15) is 0 Å². The van der Waals surface area contributed by atoms with Gasteiger partial charge < -0.3 is 16.2 Å². The zero-order valence-corrected chi connectivity index (χ0v) is 11.8. The molecule has 1 unspecified atom stereocenters. The largest absolute Gasteiger partial charge is 0.481 e. The summed E-state index contributed by atoms with van der Waals surface area (Å²) in [6.07, 6.45) is -0.136. The molecule has 1 amide bonds. The SMILES string of the molecule is Cc1cc(F)c(Br)cc1NC(=O)C(N)CCC(=O)O. The number of halogens is 2. The lowest BCUT2D eigenvalue weighted by molar-refractivity contribution is -0.137. The smallest absolute Gasteiger partial charge is 0.303 e. The third-order valence-electron chi connectivity index (χ3n) is 2.53. The van der Waals surface area contributed by atoms with Gasteiger partial charge in [0, 0.05) is 12.1 Å². The van der Waals surface area contributed by atoms with Crippen LogP contribution in [0.1, 0.15) is 18.4 Å². The van der Waals surface area contributed by atoms with Gasteiger partial charge in [0.25, 0.3) is 0 Å². The fraction of sp³-hybridized carbons (Fsp3) is 0.333. The number of carbonyl (C=O) groups excluding carboxylic acids is 1. The number of hydrogen-bond donors (Lipinski definition) is 3. The molecule has 4 N–H and O–H groups in total. The predicted molar refractivity (Wildman–Crippen MR) is 72.3 cm³/mol. The Balaban J connectivity index is 2.71. The van der Waals surface area contributed by atoms with Gasteiger partial charge in [-0.3, -0.25) is 9.59 Å². The van der Waals surface area contributed by atoms with Crippen LogP contribution in [-0.2, 0) is 9.59 Å². The molecule has 19 heavy (non-hydrogen) atoms. The van der Waals surface area contributed by atoms with Crippen LogP contribution in [0.25, 0.3) is 0 Å². The van der Waals surface area contributed by atoms with E-state index in [1.54, 1.807) is 6.92 Å². The normalized spacial score (nSPS) is 12.0. The van der Waals surface area contributed by atoms with E-state index in [0.29, 0.717) is 11.3 Å². The first-order valence-electron chi connectivity index (χ1n) is 5.55. The van der Waals surface area contributed by atoms with Crippen LogP contribution in [-0.4, -0.2) is 23.0 Å². The van der Waals surface area contributed by atoms with Crippen molar-refractivity contribution in [3.63, 3.8) is 0 Å². The van der Waals surface area contributed by atoms with Crippen molar-refractivity contribution in [3.05, 3.63) is 28.0 Å². The Kier molecular flexibility index (Phi) is 5.44. The second kappa shape index (κ2) is 6.63. The minimum absolute atomic E-state index is 0.0442. The lowest BCUT2D eigenvalue weighted by Gasteiger charge is -2.13. The Bertz CT molecular complexity index is 508. The number of carboxylic acid groups (broad SMARTS) is 1. The van der Waals surface area contributed by atoms with Crippen LogP contribution in [0.3, 0.4) is 0 Å². The molecule has 1 aromatic rings. The van der Waals surface area contributed by atoms with Gasteiger partial charge in [0.15, 0.2) is 0 Å². The van der Waals surface area contributed by atoms with Crippen molar-refractivity contribution in [1.82, 2.24) is 0 Å². The number of nitrogens with one attached hydrogen (secondary N) is 1. The Morgan fingerprint density at radius 1 is 1.53 bits per heavy atom. The number of aryl methyl sites for hydroxylation is 1. The number of amides is 1. The first-order chi connectivity index (χ1) is 8.81. The van der Waals surface area contributed by atoms with Crippen LogP contribution in [0, 0.1) is 12.7 Å². The second-order valence-corrected chi connectivity index (χ2v) is 4.96. The molecule has 0 saturated heterocycles. The van der Waals surface area contributed by atoms with E-state index in [2.05, 4.69) is 21.2 Å². The lowest BCUT2D eigenvalue weighted by Crippen LogP contribution is -2.36. The highest BCUT2D eigenvalue weighted by molar-refractivity contribution is 9.10. The summed E-state index contributed by atoms with van der Waals surface area (Å²) in [6, 6.07) is 1.80. The van der Waals surface area contributed by atoms with Gasteiger partial charge in [0.2, 0.25) is 5.91 Å². The van der Waals surface area contributed by atoms with Gasteiger partial charge in [-0.1, -0.05) is 0 Å². The third-order valence-corrected chi connectivity index (χ3v) is 3.14. The maximum Gasteiger partial charge on any atom is 0.303 e. The number of benzene rings is 1. The molecule has 0 radical (unpaired) electrons. The molecular formula is C12H14BrFN2O3. The first kappa shape index (κ1) is 15.6. The Morgan fingerprint density at radius 2 is 2.16 bits per heavy atom. The Labute approximate surface area is 118 Å². The summed E-state index contributed by atoms with van der Waals surface area (Å²) < 4.78 is 13.4. The molecule has 7 heteroatoms. The number of aliphatic carboxylic acids is 1. The van der Waals surface area contributed by atoms with Gasteiger partial charge in [-0.25, -0.2) is 4.39 Å². The minimum atomic E-state index is -1.01. The Hall–Kier alpha value is -1.47. The monoisotopic (exact) mass is 332 g/mol. The van der Waals surface area contributed by atoms with Crippen molar-refractivity contribution in [2.45, 2.75) is 25.8 Å². The molecule has 1 atom stereocenters. The van der Waals surface area contributed by atoms with E-state index >= 15 is 0 Å². The fourth-order valence-electron chi connectivity index (χ4n) is 1.42. The highest BCUT2D eigenvalue weighted by Crippen LogP contribution is 2.24. The molecule has 0 aliphatic rings. The number of carboxylic acids is 1. The molecule has 1 rings (SSSR count). The van der Waals surface area contributed by atoms with E-state index in [4.69, 9.17) is 10.8 Å². The van der Waals surface area contributed by atoms with Crippen LogP contribution in [0.4, 0.5) is 10.1 Å². The third kappa shape index (κ3) is 4.60. The zero-order chi connectivity index (χ0) is 14.6. The molecule has 0 fully saturated rings. The maximum absolute atomic E-state index is 13.2. The van der Waals surface area contributed by atoms with Crippen LogP contribution in [0.15, 0.2) is 16.6 Å². The van der Waals surface area contributed by atoms with E-state index in [0.717, 1.165) is 0 Å². The van der Waals surface area contributed by atoms with Crippen LogP contribution >= 0.6 is 15.9 Å². The van der Waals surface area contributed by atoms with E-state index < -0.39 is 23.7 Å². The molecule has 0 aromatic heterocycles. The standard InChI is InChI=1S/C12H14BrFN2O3/c1-6-4-8(14)7(13)5-10(6)16-12(19)9(15)2-3-11(17)18/h4-5,9H,2-3,15H2,1H3,(H,16,19)(H,17,18). The zero-order valence-electron chi connectivity index (χ0n) is 10.2. The van der Waals surface area contributed by atoms with Crippen molar-refractivity contribution in [1.29, 1.82) is 0 Å². The quantitative estimate of drug-likeness (QED) is 0.769. The molecule has 0 heterocycles. The highest BCUT2D eigenvalue weighted by atomic mass is 79.9. The van der Waals surface area contributed by atoms with Crippen molar-refractivity contribution in [2.75, 3.05) is 5.32 Å². The highest BCUT2D eigenvalue weighted by Gasteiger charge is 2.16. The predicted octanol–water partition coefficient (Wildman–Crippen LogP) is 2.03. The maximum atomic E-state index is 13.2. The number of carbonyl (C=O) groups is 2. The number of rotatable bonds is 5. The molecule has 104 valence electrons. The molecule has 1 aromatic carbocycles. The fourth-order valence-corrected chi connectivity index (χ4v) is 1.76. The number of anilines is 1. The van der Waals surface area contributed by atoms with Gasteiger partial charge in [-0.15, -0.1) is 0 Å². The van der Waals surface area contributed by atoms with Crippen LogP contribution in [0.5, 0.6) is 0 Å². The van der Waals surface area contributed by atoms with Gasteiger partial charge >= 0.3 is 5.97 Å². The Morgan fingerprint density at radius 3 is 2.74 bits per heavy atom. The van der Waals surface area contributed by atoms with Crippen LogP contribution < -0.4 is 11.1 Å². The van der Waals surface area contributed by atoms with E-state index in [1.165, 1.54) is 12.1 Å². The molecule has 5 nitrogen and oxygen atoms in total. The van der Waals surface area contributed by atoms with Crippen LogP contribution in [0.2, 0.25) is 0 Å².